The summed E-state index contributed by atoms with van der Waals surface area (Å²) < 4.78 is 28.7. The fourth-order valence-electron chi connectivity index (χ4n) is 1.77. The van der Waals surface area contributed by atoms with Gasteiger partial charge in [0.1, 0.15) is 0 Å². The van der Waals surface area contributed by atoms with Crippen molar-refractivity contribution in [1.82, 2.24) is 0 Å². The van der Waals surface area contributed by atoms with Crippen LogP contribution in [0.3, 0.4) is 0 Å². The Balaban J connectivity index is 2.64. The largest absolute Gasteiger partial charge is 0.270 e. The van der Waals surface area contributed by atoms with Crippen LogP contribution in [0.5, 0.6) is 0 Å². The molecule has 0 amide bonds. The van der Waals surface area contributed by atoms with Crippen molar-refractivity contribution in [2.75, 3.05) is 0 Å². The molecule has 1 rings (SSSR count). The Hall–Kier alpha value is -0.0900. The van der Waals surface area contributed by atoms with E-state index in [2.05, 4.69) is 0 Å². The molecule has 1 fully saturated rings. The van der Waals surface area contributed by atoms with Crippen LogP contribution in [0, 0.1) is 0 Å². The van der Waals surface area contributed by atoms with E-state index in [4.69, 9.17) is 4.18 Å². The molecule has 0 unspecified atom stereocenters. The van der Waals surface area contributed by atoms with E-state index in [1.54, 1.807) is 20.8 Å². The zero-order valence-corrected chi connectivity index (χ0v) is 10.1. The van der Waals surface area contributed by atoms with Crippen LogP contribution in [0.1, 0.15) is 52.9 Å². The smallest absolute Gasteiger partial charge is 0.264 e. The van der Waals surface area contributed by atoms with E-state index in [1.165, 1.54) is 0 Å². The lowest BCUT2D eigenvalue weighted by Crippen LogP contribution is -2.32. The summed E-state index contributed by atoms with van der Waals surface area (Å²) in [6.45, 7) is 5.31. The monoisotopic (exact) mass is 220 g/mol. The molecule has 3 nitrogen and oxygen atoms in total. The highest BCUT2D eigenvalue weighted by atomic mass is 32.2. The van der Waals surface area contributed by atoms with Crippen LogP contribution in [0.25, 0.3) is 0 Å². The third-order valence-corrected chi connectivity index (χ3v) is 4.35. The van der Waals surface area contributed by atoms with Gasteiger partial charge in [-0.3, -0.25) is 4.18 Å². The average molecular weight is 220 g/mol. The maximum Gasteiger partial charge on any atom is 0.270 e. The minimum Gasteiger partial charge on any atom is -0.264 e. The van der Waals surface area contributed by atoms with Gasteiger partial charge in [0.15, 0.2) is 0 Å². The van der Waals surface area contributed by atoms with Crippen molar-refractivity contribution < 1.29 is 12.6 Å². The molecule has 0 aromatic rings. The van der Waals surface area contributed by atoms with Gasteiger partial charge < -0.3 is 0 Å². The Kier molecular flexibility index (Phi) is 3.58. The van der Waals surface area contributed by atoms with Crippen LogP contribution < -0.4 is 0 Å². The van der Waals surface area contributed by atoms with Crippen molar-refractivity contribution in [2.24, 2.45) is 0 Å². The molecule has 0 aromatic carbocycles. The Labute approximate surface area is 87.0 Å². The Morgan fingerprint density at radius 2 is 1.57 bits per heavy atom. The van der Waals surface area contributed by atoms with Crippen molar-refractivity contribution >= 4 is 10.1 Å². The van der Waals surface area contributed by atoms with Crippen molar-refractivity contribution in [1.29, 1.82) is 0 Å². The lowest BCUT2D eigenvalue weighted by atomic mass is 10.0. The van der Waals surface area contributed by atoms with Gasteiger partial charge in [-0.25, -0.2) is 0 Å². The standard InChI is InChI=1S/C10H20O3S/c1-10(2,3)13-14(11,12)9-7-5-4-6-8-9/h9H,4-8H2,1-3H3. The van der Waals surface area contributed by atoms with Gasteiger partial charge in [0, 0.05) is 0 Å². The van der Waals surface area contributed by atoms with Crippen LogP contribution in [0.4, 0.5) is 0 Å². The third-order valence-electron chi connectivity index (χ3n) is 2.33. The molecule has 0 N–H and O–H groups in total. The molecule has 0 atom stereocenters. The summed E-state index contributed by atoms with van der Waals surface area (Å²) in [6.07, 6.45) is 4.70. The maximum atomic E-state index is 11.8. The molecule has 1 saturated carbocycles. The second kappa shape index (κ2) is 4.19. The fourth-order valence-corrected chi connectivity index (χ4v) is 3.51. The lowest BCUT2D eigenvalue weighted by Gasteiger charge is -2.26. The summed E-state index contributed by atoms with van der Waals surface area (Å²) in [4.78, 5) is 0. The lowest BCUT2D eigenvalue weighted by molar-refractivity contribution is 0.135. The van der Waals surface area contributed by atoms with Gasteiger partial charge in [-0.15, -0.1) is 0 Å². The summed E-state index contributed by atoms with van der Waals surface area (Å²) >= 11 is 0. The van der Waals surface area contributed by atoms with Gasteiger partial charge in [-0.1, -0.05) is 19.3 Å². The average Bonchev–Trinajstić information content (AvgIpc) is 2.01. The second-order valence-electron chi connectivity index (χ2n) is 4.95. The maximum absolute atomic E-state index is 11.8. The zero-order chi connectivity index (χ0) is 10.8. The zero-order valence-electron chi connectivity index (χ0n) is 9.25. The first-order valence-corrected chi connectivity index (χ1v) is 6.73. The highest BCUT2D eigenvalue weighted by Gasteiger charge is 2.31. The predicted octanol–water partition coefficient (Wildman–Crippen LogP) is 2.46. The molecule has 0 radical (unpaired) electrons. The molecule has 0 aromatic heterocycles. The predicted molar refractivity (Wildman–Crippen MR) is 56.6 cm³/mol. The molecule has 4 heteroatoms. The topological polar surface area (TPSA) is 43.4 Å². The number of hydrogen-bond acceptors (Lipinski definition) is 3. The second-order valence-corrected chi connectivity index (χ2v) is 6.77. The molecule has 0 bridgehead atoms. The molecule has 1 aliphatic carbocycles. The number of hydrogen-bond donors (Lipinski definition) is 0. The molecule has 0 spiro atoms. The molecular weight excluding hydrogens is 200 g/mol. The van der Waals surface area contributed by atoms with E-state index in [0.717, 1.165) is 32.1 Å². The minimum atomic E-state index is -3.34. The summed E-state index contributed by atoms with van der Waals surface area (Å²) in [6, 6.07) is 0. The highest BCUT2D eigenvalue weighted by Crippen LogP contribution is 2.27. The summed E-state index contributed by atoms with van der Waals surface area (Å²) in [7, 11) is -3.34. The first kappa shape index (κ1) is 12.0. The molecule has 1 aliphatic rings. The van der Waals surface area contributed by atoms with E-state index >= 15 is 0 Å². The molecular formula is C10H20O3S. The summed E-state index contributed by atoms with van der Waals surface area (Å²) in [5.74, 6) is 0. The van der Waals surface area contributed by atoms with E-state index in [9.17, 15) is 8.42 Å². The molecule has 0 heterocycles. The SMILES string of the molecule is CC(C)(C)OS(=O)(=O)C1CCCCC1. The van der Waals surface area contributed by atoms with E-state index in [-0.39, 0.29) is 5.25 Å². The molecule has 84 valence electrons. The van der Waals surface area contributed by atoms with Crippen molar-refractivity contribution in [3.8, 4) is 0 Å². The van der Waals surface area contributed by atoms with Crippen molar-refractivity contribution in [3.63, 3.8) is 0 Å². The highest BCUT2D eigenvalue weighted by molar-refractivity contribution is 7.87. The van der Waals surface area contributed by atoms with Crippen LogP contribution in [-0.4, -0.2) is 19.3 Å². The van der Waals surface area contributed by atoms with Gasteiger partial charge in [0.05, 0.1) is 10.9 Å². The Bertz CT molecular complexity index is 268. The van der Waals surface area contributed by atoms with Crippen LogP contribution in [-0.2, 0) is 14.3 Å². The van der Waals surface area contributed by atoms with Gasteiger partial charge in [-0.05, 0) is 33.6 Å². The van der Waals surface area contributed by atoms with Gasteiger partial charge in [-0.2, -0.15) is 8.42 Å². The molecule has 0 saturated heterocycles. The third kappa shape index (κ3) is 3.58. The number of rotatable bonds is 2. The normalized spacial score (nSPS) is 21.1. The Morgan fingerprint density at radius 3 is 2.00 bits per heavy atom. The minimum absolute atomic E-state index is 0.268. The molecule has 14 heavy (non-hydrogen) atoms. The quantitative estimate of drug-likeness (QED) is 0.671. The van der Waals surface area contributed by atoms with Crippen molar-refractivity contribution in [2.45, 2.75) is 63.7 Å². The summed E-state index contributed by atoms with van der Waals surface area (Å²) in [5, 5.41) is -0.268. The van der Waals surface area contributed by atoms with E-state index < -0.39 is 15.7 Å². The fraction of sp³-hybridized carbons (Fsp3) is 1.00. The Morgan fingerprint density at radius 1 is 1.07 bits per heavy atom. The van der Waals surface area contributed by atoms with Crippen LogP contribution in [0.15, 0.2) is 0 Å². The first-order valence-electron chi connectivity index (χ1n) is 5.26. The van der Waals surface area contributed by atoms with E-state index in [0.29, 0.717) is 0 Å². The summed E-state index contributed by atoms with van der Waals surface area (Å²) in [5.41, 5.74) is -0.601. The van der Waals surface area contributed by atoms with Crippen LogP contribution in [0.2, 0.25) is 0 Å². The van der Waals surface area contributed by atoms with Crippen LogP contribution >= 0.6 is 0 Å². The van der Waals surface area contributed by atoms with Crippen molar-refractivity contribution in [3.05, 3.63) is 0 Å². The van der Waals surface area contributed by atoms with E-state index in [1.807, 2.05) is 0 Å². The van der Waals surface area contributed by atoms with Gasteiger partial charge >= 0.3 is 0 Å². The van der Waals surface area contributed by atoms with Gasteiger partial charge in [0.25, 0.3) is 10.1 Å². The molecule has 0 aliphatic heterocycles. The first-order chi connectivity index (χ1) is 6.31. The van der Waals surface area contributed by atoms with Gasteiger partial charge in [0.2, 0.25) is 0 Å².